The maximum atomic E-state index is 13.0. The highest BCUT2D eigenvalue weighted by molar-refractivity contribution is 6.10. The summed E-state index contributed by atoms with van der Waals surface area (Å²) in [4.78, 5) is 64.2. The van der Waals surface area contributed by atoms with Crippen molar-refractivity contribution in [1.82, 2.24) is 25.8 Å². The third kappa shape index (κ3) is 3.78. The molecule has 11 nitrogen and oxygen atoms in total. The Morgan fingerprint density at radius 2 is 1.83 bits per heavy atom. The third-order valence-corrected chi connectivity index (χ3v) is 6.38. The van der Waals surface area contributed by atoms with Crippen molar-refractivity contribution in [2.45, 2.75) is 18.1 Å². The van der Waals surface area contributed by atoms with Gasteiger partial charge in [-0.15, -0.1) is 0 Å². The normalized spacial score (nSPS) is 22.6. The molecule has 0 saturated carbocycles. The van der Waals surface area contributed by atoms with Gasteiger partial charge in [-0.25, -0.2) is 9.59 Å². The number of benzene rings is 2. The van der Waals surface area contributed by atoms with E-state index in [-0.39, 0.29) is 24.9 Å². The van der Waals surface area contributed by atoms with Crippen LogP contribution in [0.3, 0.4) is 0 Å². The Morgan fingerprint density at radius 3 is 2.44 bits per heavy atom. The lowest BCUT2D eigenvalue weighted by molar-refractivity contribution is -0.126. The summed E-state index contributed by atoms with van der Waals surface area (Å²) < 4.78 is 5.20. The highest BCUT2D eigenvalue weighted by Gasteiger charge is 2.48. The maximum Gasteiger partial charge on any atom is 0.324 e. The Bertz CT molecular complexity index is 1390. The Labute approximate surface area is 205 Å². The van der Waals surface area contributed by atoms with Crippen LogP contribution in [0.1, 0.15) is 33.1 Å². The van der Waals surface area contributed by atoms with E-state index < -0.39 is 29.6 Å². The van der Waals surface area contributed by atoms with Crippen LogP contribution in [0.2, 0.25) is 0 Å². The monoisotopic (exact) mass is 487 g/mol. The number of rotatable bonds is 4. The standard InChI is InChI=1S/C25H21N5O6/c1-29-21(32)19(26-24(29)35)15-5-3-14(4-6-15)9-10-25(22(33)27-23(34)28-25)13-30-12-16-7-8-17(36-2)11-18(16)20(30)31/h3-8,11,19H,12-13H2,1-2H3,(H,26,35)(H2,27,28,33,34)/t19?,25-/m1/s1. The number of likely N-dealkylation sites (N-methyl/N-ethyl adjacent to an activating group) is 1. The molecule has 2 aromatic carbocycles. The molecule has 11 heteroatoms. The van der Waals surface area contributed by atoms with Gasteiger partial charge in [0.25, 0.3) is 17.7 Å². The van der Waals surface area contributed by atoms with Crippen LogP contribution in [0, 0.1) is 11.8 Å². The Balaban J connectivity index is 1.39. The first-order valence-electron chi connectivity index (χ1n) is 11.0. The smallest absolute Gasteiger partial charge is 0.324 e. The van der Waals surface area contributed by atoms with Crippen LogP contribution in [-0.2, 0) is 16.1 Å². The quantitative estimate of drug-likeness (QED) is 0.424. The van der Waals surface area contributed by atoms with Crippen molar-refractivity contribution in [3.63, 3.8) is 0 Å². The van der Waals surface area contributed by atoms with E-state index >= 15 is 0 Å². The number of nitrogens with one attached hydrogen (secondary N) is 3. The molecule has 2 fully saturated rings. The summed E-state index contributed by atoms with van der Waals surface area (Å²) in [7, 11) is 2.91. The van der Waals surface area contributed by atoms with Crippen LogP contribution in [0.4, 0.5) is 9.59 Å². The van der Waals surface area contributed by atoms with E-state index in [1.165, 1.54) is 19.1 Å². The van der Waals surface area contributed by atoms with Gasteiger partial charge in [-0.1, -0.05) is 30.0 Å². The SMILES string of the molecule is COc1ccc2c(c1)C(=O)N(C[C@@]1(C#Cc3ccc(C4NC(=O)N(C)C4=O)cc3)NC(=O)NC1=O)C2. The van der Waals surface area contributed by atoms with Gasteiger partial charge in [-0.2, -0.15) is 0 Å². The van der Waals surface area contributed by atoms with Crippen molar-refractivity contribution in [2.24, 2.45) is 0 Å². The molecule has 3 aliphatic rings. The zero-order valence-electron chi connectivity index (χ0n) is 19.4. The topological polar surface area (TPSA) is 137 Å². The molecule has 2 atom stereocenters. The number of carbonyl (C=O) groups excluding carboxylic acids is 5. The Kier molecular flexibility index (Phi) is 5.36. The summed E-state index contributed by atoms with van der Waals surface area (Å²) >= 11 is 0. The lowest BCUT2D eigenvalue weighted by Crippen LogP contribution is -2.54. The molecule has 7 amide bonds. The molecule has 3 N–H and O–H groups in total. The van der Waals surface area contributed by atoms with E-state index in [1.807, 2.05) is 0 Å². The van der Waals surface area contributed by atoms with Crippen molar-refractivity contribution in [3.8, 4) is 17.6 Å². The lowest BCUT2D eigenvalue weighted by atomic mass is 9.98. The fourth-order valence-electron chi connectivity index (χ4n) is 4.35. The first-order chi connectivity index (χ1) is 17.2. The van der Waals surface area contributed by atoms with Crippen LogP contribution in [0.5, 0.6) is 5.75 Å². The number of imide groups is 2. The minimum atomic E-state index is -1.64. The summed E-state index contributed by atoms with van der Waals surface area (Å²) in [6.07, 6.45) is 0. The van der Waals surface area contributed by atoms with Gasteiger partial charge < -0.3 is 20.3 Å². The van der Waals surface area contributed by atoms with Gasteiger partial charge in [0.1, 0.15) is 11.8 Å². The largest absolute Gasteiger partial charge is 0.497 e. The van der Waals surface area contributed by atoms with E-state index in [0.717, 1.165) is 10.5 Å². The van der Waals surface area contributed by atoms with Gasteiger partial charge in [-0.05, 0) is 35.4 Å². The predicted molar refractivity (Wildman–Crippen MR) is 125 cm³/mol. The molecule has 0 bridgehead atoms. The number of hydrogen-bond donors (Lipinski definition) is 3. The molecule has 182 valence electrons. The highest BCUT2D eigenvalue weighted by atomic mass is 16.5. The van der Waals surface area contributed by atoms with Crippen LogP contribution in [-0.4, -0.2) is 65.8 Å². The van der Waals surface area contributed by atoms with Crippen LogP contribution in [0.25, 0.3) is 0 Å². The van der Waals surface area contributed by atoms with E-state index in [1.54, 1.807) is 42.5 Å². The molecule has 2 saturated heterocycles. The van der Waals surface area contributed by atoms with Gasteiger partial charge in [-0.3, -0.25) is 24.6 Å². The Hall–Kier alpha value is -4.85. The molecule has 36 heavy (non-hydrogen) atoms. The number of amides is 7. The molecule has 0 radical (unpaired) electrons. The molecule has 2 aromatic rings. The Morgan fingerprint density at radius 1 is 1.08 bits per heavy atom. The average molecular weight is 487 g/mol. The van der Waals surface area contributed by atoms with Crippen LogP contribution < -0.4 is 20.7 Å². The van der Waals surface area contributed by atoms with E-state index in [9.17, 15) is 24.0 Å². The van der Waals surface area contributed by atoms with Crippen LogP contribution >= 0.6 is 0 Å². The number of fused-ring (bicyclic) bond motifs is 1. The second-order valence-corrected chi connectivity index (χ2v) is 8.65. The minimum absolute atomic E-state index is 0.152. The number of hydrogen-bond acceptors (Lipinski definition) is 6. The van der Waals surface area contributed by atoms with Crippen molar-refractivity contribution in [1.29, 1.82) is 0 Å². The summed E-state index contributed by atoms with van der Waals surface area (Å²) in [5.41, 5.74) is 0.703. The van der Waals surface area contributed by atoms with E-state index in [4.69, 9.17) is 4.74 Å². The van der Waals surface area contributed by atoms with E-state index in [2.05, 4.69) is 27.8 Å². The molecule has 0 aliphatic carbocycles. The van der Waals surface area contributed by atoms with E-state index in [0.29, 0.717) is 22.4 Å². The van der Waals surface area contributed by atoms with Crippen molar-refractivity contribution >= 4 is 29.8 Å². The average Bonchev–Trinajstić information content (AvgIpc) is 3.43. The number of nitrogens with zero attached hydrogens (tertiary/aromatic N) is 2. The molecule has 3 heterocycles. The van der Waals surface area contributed by atoms with Crippen molar-refractivity contribution in [2.75, 3.05) is 20.7 Å². The first-order valence-corrected chi connectivity index (χ1v) is 11.0. The molecular weight excluding hydrogens is 466 g/mol. The number of methoxy groups -OCH3 is 1. The second-order valence-electron chi connectivity index (χ2n) is 8.65. The third-order valence-electron chi connectivity index (χ3n) is 6.38. The zero-order valence-corrected chi connectivity index (χ0v) is 19.4. The van der Waals surface area contributed by atoms with Crippen LogP contribution in [0.15, 0.2) is 42.5 Å². The number of urea groups is 2. The fourth-order valence-corrected chi connectivity index (χ4v) is 4.35. The highest BCUT2D eigenvalue weighted by Crippen LogP contribution is 2.28. The second kappa shape index (κ2) is 8.42. The molecule has 3 aliphatic heterocycles. The summed E-state index contributed by atoms with van der Waals surface area (Å²) in [6.45, 7) is 0.107. The maximum absolute atomic E-state index is 13.0. The molecule has 5 rings (SSSR count). The summed E-state index contributed by atoms with van der Waals surface area (Å²) in [5, 5.41) is 7.36. The fraction of sp³-hybridized carbons (Fsp3) is 0.240. The number of ether oxygens (including phenoxy) is 1. The van der Waals surface area contributed by atoms with Gasteiger partial charge in [0, 0.05) is 24.7 Å². The van der Waals surface area contributed by atoms with Crippen molar-refractivity contribution in [3.05, 3.63) is 64.7 Å². The predicted octanol–water partition coefficient (Wildman–Crippen LogP) is 0.504. The summed E-state index contributed by atoms with van der Waals surface area (Å²) in [5.74, 6) is 4.96. The first kappa shape index (κ1) is 22.9. The summed E-state index contributed by atoms with van der Waals surface area (Å²) in [6, 6.07) is 9.82. The minimum Gasteiger partial charge on any atom is -0.497 e. The van der Waals surface area contributed by atoms with Gasteiger partial charge in [0.2, 0.25) is 5.54 Å². The van der Waals surface area contributed by atoms with Gasteiger partial charge in [0.05, 0.1) is 13.7 Å². The molecular formula is C25H21N5O6. The molecule has 0 aromatic heterocycles. The van der Waals surface area contributed by atoms with Gasteiger partial charge in [0.15, 0.2) is 0 Å². The van der Waals surface area contributed by atoms with Crippen molar-refractivity contribution < 1.29 is 28.7 Å². The van der Waals surface area contributed by atoms with Gasteiger partial charge >= 0.3 is 12.1 Å². The lowest BCUT2D eigenvalue weighted by Gasteiger charge is -2.26. The zero-order chi connectivity index (χ0) is 25.6. The number of carbonyl (C=O) groups is 5. The molecule has 1 unspecified atom stereocenters. The molecule has 0 spiro atoms.